The molecular formula is C61H66N4O. The maximum Gasteiger partial charge on any atom is 0.137 e. The largest absolute Gasteiger partial charge is 0.457 e. The van der Waals surface area contributed by atoms with Crippen molar-refractivity contribution in [2.24, 2.45) is 0 Å². The topological polar surface area (TPSA) is 33.5 Å². The van der Waals surface area contributed by atoms with Crippen LogP contribution in [-0.2, 0) is 16.2 Å². The number of anilines is 2. The summed E-state index contributed by atoms with van der Waals surface area (Å²) in [5, 5.41) is 2.34. The summed E-state index contributed by atoms with van der Waals surface area (Å²) in [6.07, 6.45) is 4.33. The average Bonchev–Trinajstić information content (AvgIpc) is 3.88. The maximum atomic E-state index is 7.03. The van der Waals surface area contributed by atoms with Crippen molar-refractivity contribution in [3.63, 3.8) is 0 Å². The van der Waals surface area contributed by atoms with E-state index in [0.29, 0.717) is 18.5 Å². The van der Waals surface area contributed by atoms with Gasteiger partial charge in [0.1, 0.15) is 17.3 Å². The first-order valence-corrected chi connectivity index (χ1v) is 23.8. The fourth-order valence-corrected chi connectivity index (χ4v) is 9.64. The summed E-state index contributed by atoms with van der Waals surface area (Å²) in [5.74, 6) is 3.17. The summed E-state index contributed by atoms with van der Waals surface area (Å²) in [6, 6.07) is 53.0. The SMILES string of the molecule is CC(C)c1cccc(C(C)C)c1C1=CN(c2cc(Oc3ccc4c5ccccc5n(-c5cc(C(C)(C)c6ccccc6)ccn5)c4c3)cc(C(C)(C)C)c2)CN1c1cccc(C(C)(C)C)c1. The molecule has 0 radical (unpaired) electrons. The maximum absolute atomic E-state index is 7.03. The molecule has 8 aromatic rings. The van der Waals surface area contributed by atoms with Crippen LogP contribution >= 0.6 is 0 Å². The summed E-state index contributed by atoms with van der Waals surface area (Å²) in [7, 11) is 0. The Hall–Kier alpha value is -6.59. The molecule has 0 amide bonds. The molecule has 0 bridgehead atoms. The van der Waals surface area contributed by atoms with Gasteiger partial charge in [-0.1, -0.05) is 162 Å². The van der Waals surface area contributed by atoms with Crippen LogP contribution in [0.25, 0.3) is 33.3 Å². The molecule has 0 spiro atoms. The van der Waals surface area contributed by atoms with E-state index in [9.17, 15) is 0 Å². The lowest BCUT2D eigenvalue weighted by Gasteiger charge is -2.30. The van der Waals surface area contributed by atoms with Crippen LogP contribution in [0.4, 0.5) is 11.4 Å². The second-order valence-corrected chi connectivity index (χ2v) is 21.5. The van der Waals surface area contributed by atoms with E-state index < -0.39 is 0 Å². The summed E-state index contributed by atoms with van der Waals surface area (Å²) in [6.45, 7) is 28.2. The molecule has 2 aromatic heterocycles. The quantitative estimate of drug-likeness (QED) is 0.137. The van der Waals surface area contributed by atoms with Crippen molar-refractivity contribution < 1.29 is 4.74 Å². The van der Waals surface area contributed by atoms with Crippen molar-refractivity contribution in [1.82, 2.24) is 9.55 Å². The van der Waals surface area contributed by atoms with Crippen LogP contribution < -0.4 is 14.5 Å². The number of para-hydroxylation sites is 1. The predicted molar refractivity (Wildman–Crippen MR) is 280 cm³/mol. The molecule has 336 valence electrons. The highest BCUT2D eigenvalue weighted by molar-refractivity contribution is 6.09. The number of fused-ring (bicyclic) bond motifs is 3. The van der Waals surface area contributed by atoms with Gasteiger partial charge in [0.25, 0.3) is 0 Å². The van der Waals surface area contributed by atoms with E-state index in [-0.39, 0.29) is 16.2 Å². The molecule has 3 heterocycles. The van der Waals surface area contributed by atoms with Gasteiger partial charge in [-0.15, -0.1) is 0 Å². The minimum Gasteiger partial charge on any atom is -0.457 e. The van der Waals surface area contributed by atoms with Gasteiger partial charge in [-0.25, -0.2) is 4.98 Å². The fourth-order valence-electron chi connectivity index (χ4n) is 9.64. The Morgan fingerprint density at radius 1 is 0.515 bits per heavy atom. The van der Waals surface area contributed by atoms with E-state index in [2.05, 4.69) is 249 Å². The predicted octanol–water partition coefficient (Wildman–Crippen LogP) is 16.4. The number of pyridine rings is 1. The highest BCUT2D eigenvalue weighted by Crippen LogP contribution is 2.44. The van der Waals surface area contributed by atoms with Crippen LogP contribution in [0.15, 0.2) is 158 Å². The van der Waals surface area contributed by atoms with E-state index in [0.717, 1.165) is 39.4 Å². The van der Waals surface area contributed by atoms with E-state index in [1.54, 1.807) is 0 Å². The fraction of sp³-hybridized carbons (Fsp3) is 0.295. The number of hydrogen-bond donors (Lipinski definition) is 0. The molecule has 5 nitrogen and oxygen atoms in total. The van der Waals surface area contributed by atoms with Crippen LogP contribution in [0.2, 0.25) is 0 Å². The molecule has 66 heavy (non-hydrogen) atoms. The molecule has 0 atom stereocenters. The second kappa shape index (κ2) is 17.0. The van der Waals surface area contributed by atoms with Crippen molar-refractivity contribution in [3.05, 3.63) is 197 Å². The molecule has 0 fully saturated rings. The number of aromatic nitrogens is 2. The van der Waals surface area contributed by atoms with Crippen molar-refractivity contribution in [2.75, 3.05) is 16.5 Å². The Labute approximate surface area is 393 Å². The van der Waals surface area contributed by atoms with Gasteiger partial charge in [-0.2, -0.15) is 0 Å². The Bertz CT molecular complexity index is 3070. The Morgan fingerprint density at radius 3 is 1.85 bits per heavy atom. The summed E-state index contributed by atoms with van der Waals surface area (Å²) >= 11 is 0. The molecule has 1 aliphatic heterocycles. The lowest BCUT2D eigenvalue weighted by atomic mass is 9.78. The molecule has 0 saturated heterocycles. The Morgan fingerprint density at radius 2 is 1.15 bits per heavy atom. The number of ether oxygens (including phenoxy) is 1. The number of benzene rings is 6. The van der Waals surface area contributed by atoms with Crippen molar-refractivity contribution in [1.29, 1.82) is 0 Å². The van der Waals surface area contributed by atoms with E-state index in [4.69, 9.17) is 9.72 Å². The van der Waals surface area contributed by atoms with Crippen LogP contribution in [0.5, 0.6) is 11.5 Å². The van der Waals surface area contributed by atoms with Crippen LogP contribution in [0.3, 0.4) is 0 Å². The molecule has 0 saturated carbocycles. The molecule has 0 aliphatic carbocycles. The van der Waals surface area contributed by atoms with Crippen LogP contribution in [-0.4, -0.2) is 16.2 Å². The van der Waals surface area contributed by atoms with E-state index in [1.807, 2.05) is 6.20 Å². The zero-order valence-corrected chi connectivity index (χ0v) is 41.1. The summed E-state index contributed by atoms with van der Waals surface area (Å²) in [5.41, 5.74) is 14.4. The summed E-state index contributed by atoms with van der Waals surface area (Å²) < 4.78 is 9.32. The Balaban J connectivity index is 1.15. The van der Waals surface area contributed by atoms with Gasteiger partial charge in [0.15, 0.2) is 0 Å². The molecule has 1 aliphatic rings. The second-order valence-electron chi connectivity index (χ2n) is 21.5. The lowest BCUT2D eigenvalue weighted by molar-refractivity contribution is 0.479. The number of rotatable bonds is 10. The van der Waals surface area contributed by atoms with E-state index >= 15 is 0 Å². The first kappa shape index (κ1) is 44.6. The third-order valence-corrected chi connectivity index (χ3v) is 13.7. The minimum absolute atomic E-state index is 0.0166. The summed E-state index contributed by atoms with van der Waals surface area (Å²) in [4.78, 5) is 9.94. The smallest absolute Gasteiger partial charge is 0.137 e. The lowest BCUT2D eigenvalue weighted by Crippen LogP contribution is -2.27. The van der Waals surface area contributed by atoms with Gasteiger partial charge in [-0.3, -0.25) is 4.57 Å². The first-order valence-electron chi connectivity index (χ1n) is 23.8. The van der Waals surface area contributed by atoms with Crippen LogP contribution in [0.1, 0.15) is 134 Å². The van der Waals surface area contributed by atoms with Crippen molar-refractivity contribution in [3.8, 4) is 17.3 Å². The van der Waals surface area contributed by atoms with Crippen molar-refractivity contribution >= 4 is 38.9 Å². The Kier molecular flexibility index (Phi) is 11.5. The molecular weight excluding hydrogens is 805 g/mol. The highest BCUT2D eigenvalue weighted by Gasteiger charge is 2.31. The van der Waals surface area contributed by atoms with Gasteiger partial charge in [0, 0.05) is 57.7 Å². The van der Waals surface area contributed by atoms with Gasteiger partial charge >= 0.3 is 0 Å². The third kappa shape index (κ3) is 8.41. The van der Waals surface area contributed by atoms with E-state index in [1.165, 1.54) is 55.7 Å². The molecule has 5 heteroatoms. The number of hydrogen-bond acceptors (Lipinski definition) is 4. The normalized spacial score (nSPS) is 13.7. The highest BCUT2D eigenvalue weighted by atomic mass is 16.5. The third-order valence-electron chi connectivity index (χ3n) is 13.7. The molecule has 0 N–H and O–H groups in total. The average molecular weight is 871 g/mol. The number of nitrogens with zero attached hydrogens (tertiary/aromatic N) is 4. The zero-order chi connectivity index (χ0) is 46.7. The van der Waals surface area contributed by atoms with Gasteiger partial charge < -0.3 is 14.5 Å². The monoisotopic (exact) mass is 871 g/mol. The van der Waals surface area contributed by atoms with Gasteiger partial charge in [0.2, 0.25) is 0 Å². The minimum atomic E-state index is -0.213. The molecule has 0 unspecified atom stereocenters. The molecule has 6 aromatic carbocycles. The zero-order valence-electron chi connectivity index (χ0n) is 41.1. The van der Waals surface area contributed by atoms with Crippen LogP contribution in [0, 0.1) is 0 Å². The first-order chi connectivity index (χ1) is 31.4. The standard InChI is InChI=1S/C61H66N4O/c1-40(2)50-25-19-26-51(41(3)4)58(50)56-38-63(39-64(56)46-23-18-22-43(32-46)59(5,6)7)47-33-45(60(8,9)10)34-49(36-47)66-48-28-29-53-52-24-16-17-27-54(52)65(55(53)37-48)57-35-44(30-31-62-57)61(11,12)42-20-14-13-15-21-42/h13-38,40-41H,39H2,1-12H3. The van der Waals surface area contributed by atoms with Crippen molar-refractivity contribution in [2.45, 2.75) is 111 Å². The van der Waals surface area contributed by atoms with Gasteiger partial charge in [-0.05, 0) is 111 Å². The van der Waals surface area contributed by atoms with Gasteiger partial charge in [0.05, 0.1) is 23.4 Å². The molecule has 9 rings (SSSR count).